The Bertz CT molecular complexity index is 1930. The van der Waals surface area contributed by atoms with Crippen molar-refractivity contribution in [3.05, 3.63) is 72.1 Å². The molecular weight excluding hydrogens is 827 g/mol. The standard InChI is InChI=1S/C42H53N7O6.4H2S/c1-27-9-5-7-23-55-26-35-37(48-39(45-35)36-11-8-21-49(36)41(27)51)31-18-14-29(15-19-31)28-12-16-30(17-13-28)34-25-43-38(44-34)32-20-24-54-22-6-3-4-10-33(40(50)46-32)47-42(52)53-2;;;;/h12-19,25,27,32-33,36H,3-11,20-24,26H2,1-2H3,(H,43,44)(H,45,48)(H,46,50)(H,47,52);4*1H2/t27-,32-,33-,36-;;;;/m0..../s1. The highest BCUT2D eigenvalue weighted by molar-refractivity contribution is 7.59. The minimum Gasteiger partial charge on any atom is -0.453 e. The summed E-state index contributed by atoms with van der Waals surface area (Å²) >= 11 is 0. The van der Waals surface area contributed by atoms with Gasteiger partial charge in [-0.25, -0.2) is 14.8 Å². The SMILES string of the molecule is COC(=O)N[C@H]1CCCCCOCC[C@@H](c2ncc(-c3ccc(-c4ccc(-c5nc6[nH]c5COCCCC[C@H](C)C(=O)N5CCC[C@@H]65)cc4)cc3)[nH]2)NC1=O.S.S.S.S. The molecule has 5 heterocycles. The van der Waals surface area contributed by atoms with Crippen molar-refractivity contribution >= 4 is 71.9 Å². The third kappa shape index (κ3) is 12.5. The number of alkyl carbamates (subject to hydrolysis) is 1. The minimum atomic E-state index is -0.698. The van der Waals surface area contributed by atoms with E-state index in [4.69, 9.17) is 19.2 Å². The van der Waals surface area contributed by atoms with E-state index in [1.54, 1.807) is 6.20 Å². The number of nitrogens with zero attached hydrogens (tertiary/aromatic N) is 3. The molecule has 4 N–H and O–H groups in total. The molecule has 0 unspecified atom stereocenters. The number of imidazole rings is 2. The van der Waals surface area contributed by atoms with Gasteiger partial charge in [0.1, 0.15) is 17.7 Å². The Hall–Kier alpha value is -3.61. The van der Waals surface area contributed by atoms with Crippen LogP contribution < -0.4 is 10.6 Å². The van der Waals surface area contributed by atoms with Crippen LogP contribution in [-0.2, 0) is 30.4 Å². The van der Waals surface area contributed by atoms with Crippen LogP contribution in [0.25, 0.3) is 33.6 Å². The molecule has 17 heteroatoms. The number of ether oxygens (including phenoxy) is 3. The van der Waals surface area contributed by atoms with Gasteiger partial charge in [-0.1, -0.05) is 74.7 Å². The van der Waals surface area contributed by atoms with E-state index in [1.165, 1.54) is 7.11 Å². The zero-order valence-electron chi connectivity index (χ0n) is 33.9. The number of hydrogen-bond acceptors (Lipinski definition) is 8. The number of amides is 3. The number of carbonyl (C=O) groups excluding carboxylic acids is 3. The summed E-state index contributed by atoms with van der Waals surface area (Å²) in [5.41, 5.74) is 6.74. The van der Waals surface area contributed by atoms with E-state index in [1.807, 2.05) is 11.8 Å². The average molecular weight is 888 g/mol. The summed E-state index contributed by atoms with van der Waals surface area (Å²) in [5, 5.41) is 5.75. The Balaban J connectivity index is 0.00000233. The quantitative estimate of drug-likeness (QED) is 0.161. The molecule has 2 saturated heterocycles. The first kappa shape index (κ1) is 49.8. The fourth-order valence-corrected chi connectivity index (χ4v) is 7.86. The van der Waals surface area contributed by atoms with Gasteiger partial charge in [0.25, 0.3) is 0 Å². The van der Waals surface area contributed by atoms with Crippen molar-refractivity contribution in [2.45, 2.75) is 95.9 Å². The summed E-state index contributed by atoms with van der Waals surface area (Å²) in [7, 11) is 1.29. The molecule has 2 aromatic carbocycles. The number of hydrogen-bond donors (Lipinski definition) is 4. The van der Waals surface area contributed by atoms with Crippen LogP contribution in [0.5, 0.6) is 0 Å². The summed E-state index contributed by atoms with van der Waals surface area (Å²) < 4.78 is 16.7. The van der Waals surface area contributed by atoms with E-state index in [2.05, 4.69) is 74.1 Å². The molecule has 4 aromatic rings. The van der Waals surface area contributed by atoms with Gasteiger partial charge in [0.15, 0.2) is 0 Å². The highest BCUT2D eigenvalue weighted by atomic mass is 32.1. The van der Waals surface area contributed by atoms with Crippen LogP contribution in [0.1, 0.15) is 101 Å². The highest BCUT2D eigenvalue weighted by Gasteiger charge is 2.35. The Labute approximate surface area is 375 Å². The number of methoxy groups -OCH3 is 1. The second-order valence-corrected chi connectivity index (χ2v) is 14.9. The molecule has 324 valence electrons. The van der Waals surface area contributed by atoms with Crippen molar-refractivity contribution in [2.24, 2.45) is 5.92 Å². The van der Waals surface area contributed by atoms with Gasteiger partial charge in [-0.05, 0) is 61.6 Å². The van der Waals surface area contributed by atoms with Crippen molar-refractivity contribution in [2.75, 3.05) is 33.5 Å². The minimum absolute atomic E-state index is 0. The van der Waals surface area contributed by atoms with E-state index in [-0.39, 0.29) is 77.8 Å². The highest BCUT2D eigenvalue weighted by Crippen LogP contribution is 2.36. The van der Waals surface area contributed by atoms with Crippen LogP contribution >= 0.6 is 54.0 Å². The van der Waals surface area contributed by atoms with Gasteiger partial charge in [0.2, 0.25) is 11.8 Å². The summed E-state index contributed by atoms with van der Waals surface area (Å²) in [5.74, 6) is 1.41. The maximum absolute atomic E-state index is 13.4. The largest absolute Gasteiger partial charge is 0.453 e. The molecule has 0 saturated carbocycles. The molecule has 3 aliphatic heterocycles. The topological polar surface area (TPSA) is 164 Å². The van der Waals surface area contributed by atoms with Crippen LogP contribution in [0, 0.1) is 5.92 Å². The maximum atomic E-state index is 13.4. The van der Waals surface area contributed by atoms with Gasteiger partial charge in [-0.3, -0.25) is 9.59 Å². The van der Waals surface area contributed by atoms with E-state index >= 15 is 0 Å². The van der Waals surface area contributed by atoms with Gasteiger partial charge in [-0.15, -0.1) is 0 Å². The van der Waals surface area contributed by atoms with Gasteiger partial charge < -0.3 is 39.7 Å². The maximum Gasteiger partial charge on any atom is 0.407 e. The Kier molecular flexibility index (Phi) is 20.2. The summed E-state index contributed by atoms with van der Waals surface area (Å²) in [6.45, 7) is 5.04. The molecule has 2 aromatic heterocycles. The van der Waals surface area contributed by atoms with Crippen molar-refractivity contribution in [3.8, 4) is 33.6 Å². The number of benzene rings is 2. The van der Waals surface area contributed by atoms with Gasteiger partial charge in [0.05, 0.1) is 49.1 Å². The van der Waals surface area contributed by atoms with E-state index in [0.29, 0.717) is 45.1 Å². The van der Waals surface area contributed by atoms with E-state index in [0.717, 1.165) is 103 Å². The number of rotatable bonds is 5. The molecular formula is C42H61N7O6S4. The van der Waals surface area contributed by atoms with Gasteiger partial charge in [-0.2, -0.15) is 54.0 Å². The molecule has 7 rings (SSSR count). The lowest BCUT2D eigenvalue weighted by atomic mass is 10.0. The number of aromatic amines is 2. The molecule has 3 aliphatic rings. The fraction of sp³-hybridized carbons (Fsp3) is 0.500. The van der Waals surface area contributed by atoms with Crippen molar-refractivity contribution in [1.82, 2.24) is 35.5 Å². The van der Waals surface area contributed by atoms with Crippen molar-refractivity contribution in [3.63, 3.8) is 0 Å². The normalized spacial score (nSPS) is 21.6. The second kappa shape index (κ2) is 24.0. The Morgan fingerprint density at radius 1 is 0.763 bits per heavy atom. The first-order chi connectivity index (χ1) is 26.9. The zero-order chi connectivity index (χ0) is 38.1. The molecule has 3 amide bonds. The van der Waals surface area contributed by atoms with Crippen LogP contribution in [-0.4, -0.2) is 82.3 Å². The van der Waals surface area contributed by atoms with Crippen LogP contribution in [0.4, 0.5) is 4.79 Å². The molecule has 0 spiro atoms. The predicted molar refractivity (Wildman–Crippen MR) is 249 cm³/mol. The van der Waals surface area contributed by atoms with Crippen molar-refractivity contribution in [1.29, 1.82) is 0 Å². The third-order valence-corrected chi connectivity index (χ3v) is 11.0. The fourth-order valence-electron chi connectivity index (χ4n) is 7.86. The average Bonchev–Trinajstić information content (AvgIpc) is 3.99. The first-order valence-electron chi connectivity index (χ1n) is 19.8. The Morgan fingerprint density at radius 2 is 1.42 bits per heavy atom. The number of carbonyl (C=O) groups is 3. The number of nitrogens with one attached hydrogen (secondary N) is 4. The summed E-state index contributed by atoms with van der Waals surface area (Å²) in [4.78, 5) is 57.4. The van der Waals surface area contributed by atoms with E-state index < -0.39 is 18.2 Å². The van der Waals surface area contributed by atoms with Gasteiger partial charge >= 0.3 is 6.09 Å². The lowest BCUT2D eigenvalue weighted by Crippen LogP contribution is -2.48. The molecule has 2 bridgehead atoms. The van der Waals surface area contributed by atoms with Crippen molar-refractivity contribution < 1.29 is 28.6 Å². The monoisotopic (exact) mass is 887 g/mol. The lowest BCUT2D eigenvalue weighted by Gasteiger charge is -2.26. The number of fused-ring (bicyclic) bond motifs is 4. The van der Waals surface area contributed by atoms with Crippen LogP contribution in [0.2, 0.25) is 0 Å². The third-order valence-electron chi connectivity index (χ3n) is 11.0. The Morgan fingerprint density at radius 3 is 2.15 bits per heavy atom. The molecule has 0 radical (unpaired) electrons. The molecule has 2 fully saturated rings. The van der Waals surface area contributed by atoms with E-state index in [9.17, 15) is 14.4 Å². The van der Waals surface area contributed by atoms with Crippen LogP contribution in [0.15, 0.2) is 54.7 Å². The molecule has 0 aliphatic carbocycles. The molecule has 59 heavy (non-hydrogen) atoms. The molecule has 13 nitrogen and oxygen atoms in total. The van der Waals surface area contributed by atoms with Gasteiger partial charge in [0, 0.05) is 37.8 Å². The first-order valence-corrected chi connectivity index (χ1v) is 19.8. The zero-order valence-corrected chi connectivity index (χ0v) is 37.9. The summed E-state index contributed by atoms with van der Waals surface area (Å²) in [6.07, 6.45) is 9.45. The molecule has 4 atom stereocenters. The van der Waals surface area contributed by atoms with Crippen LogP contribution in [0.3, 0.4) is 0 Å². The second-order valence-electron chi connectivity index (χ2n) is 14.9. The summed E-state index contributed by atoms with van der Waals surface area (Å²) in [6, 6.07) is 15.5. The number of H-pyrrole nitrogens is 2. The predicted octanol–water partition coefficient (Wildman–Crippen LogP) is 7.45. The smallest absolute Gasteiger partial charge is 0.407 e. The number of aromatic nitrogens is 4. The lowest BCUT2D eigenvalue weighted by molar-refractivity contribution is -0.136.